The number of phenolic OH excluding ortho intramolecular Hbond substituents is 1. The van der Waals surface area contributed by atoms with Crippen molar-refractivity contribution in [3.8, 4) is 11.5 Å². The quantitative estimate of drug-likeness (QED) is 0.150. The molecule has 3 aromatic rings. The fraction of sp³-hybridized carbons (Fsp3) is 0.185. The maximum Gasteiger partial charge on any atom is 0.311 e. The van der Waals surface area contributed by atoms with Crippen molar-refractivity contribution in [2.75, 3.05) is 11.5 Å². The number of nitro benzene ring substituents is 1. The number of ketones is 1. The highest BCUT2D eigenvalue weighted by atomic mass is 19.1. The van der Waals surface area contributed by atoms with E-state index in [1.54, 1.807) is 12.1 Å². The minimum absolute atomic E-state index is 0.0101. The number of halogens is 1. The van der Waals surface area contributed by atoms with Crippen molar-refractivity contribution in [3.63, 3.8) is 0 Å². The Kier molecular flexibility index (Phi) is 6.92. The monoisotopic (exact) mass is 506 g/mol. The van der Waals surface area contributed by atoms with E-state index in [1.807, 2.05) is 13.8 Å². The molecule has 1 aliphatic rings. The summed E-state index contributed by atoms with van der Waals surface area (Å²) in [6.45, 7) is 4.34. The van der Waals surface area contributed by atoms with Gasteiger partial charge in [-0.05, 0) is 47.9 Å². The van der Waals surface area contributed by atoms with Gasteiger partial charge in [-0.2, -0.15) is 0 Å². The van der Waals surface area contributed by atoms with Gasteiger partial charge in [0, 0.05) is 17.3 Å². The molecule has 0 aromatic heterocycles. The average Bonchev–Trinajstić information content (AvgIpc) is 3.13. The lowest BCUT2D eigenvalue weighted by Gasteiger charge is -2.25. The summed E-state index contributed by atoms with van der Waals surface area (Å²) >= 11 is 0. The second-order valence-electron chi connectivity index (χ2n) is 8.89. The van der Waals surface area contributed by atoms with Gasteiger partial charge in [-0.3, -0.25) is 24.6 Å². The number of aromatic hydroxyl groups is 1. The topological polar surface area (TPSA) is 130 Å². The maximum atomic E-state index is 14.1. The zero-order valence-corrected chi connectivity index (χ0v) is 19.9. The molecule has 1 unspecified atom stereocenters. The fourth-order valence-corrected chi connectivity index (χ4v) is 4.05. The van der Waals surface area contributed by atoms with Crippen LogP contribution in [-0.4, -0.2) is 33.4 Å². The Morgan fingerprint density at radius 2 is 1.84 bits per heavy atom. The Bertz CT molecular complexity index is 1430. The van der Waals surface area contributed by atoms with Crippen LogP contribution >= 0.6 is 0 Å². The Morgan fingerprint density at radius 1 is 1.11 bits per heavy atom. The van der Waals surface area contributed by atoms with Gasteiger partial charge in [0.15, 0.2) is 5.75 Å². The van der Waals surface area contributed by atoms with Crippen molar-refractivity contribution in [2.24, 2.45) is 5.92 Å². The number of benzene rings is 3. The second kappa shape index (κ2) is 10.1. The van der Waals surface area contributed by atoms with Crippen LogP contribution in [0.25, 0.3) is 5.76 Å². The van der Waals surface area contributed by atoms with Crippen molar-refractivity contribution >= 4 is 28.8 Å². The maximum absolute atomic E-state index is 14.1. The van der Waals surface area contributed by atoms with Gasteiger partial charge in [-0.25, -0.2) is 4.39 Å². The molecule has 4 rings (SSSR count). The zero-order valence-electron chi connectivity index (χ0n) is 19.9. The molecule has 3 aromatic carbocycles. The number of Topliss-reactive ketones (excluding diaryl/α,β-unsaturated/α-hetero) is 1. The number of amides is 1. The highest BCUT2D eigenvalue weighted by Crippen LogP contribution is 2.44. The summed E-state index contributed by atoms with van der Waals surface area (Å²) in [4.78, 5) is 38.0. The molecule has 1 atom stereocenters. The lowest BCUT2D eigenvalue weighted by Crippen LogP contribution is -2.29. The number of ether oxygens (including phenoxy) is 1. The number of nitro groups is 1. The van der Waals surface area contributed by atoms with E-state index in [2.05, 4.69) is 0 Å². The van der Waals surface area contributed by atoms with Crippen LogP contribution in [0.2, 0.25) is 0 Å². The highest BCUT2D eigenvalue weighted by molar-refractivity contribution is 6.51. The third kappa shape index (κ3) is 4.99. The summed E-state index contributed by atoms with van der Waals surface area (Å²) < 4.78 is 19.8. The van der Waals surface area contributed by atoms with Gasteiger partial charge >= 0.3 is 5.69 Å². The van der Waals surface area contributed by atoms with Crippen LogP contribution in [0.15, 0.2) is 72.3 Å². The van der Waals surface area contributed by atoms with Crippen LogP contribution in [0.1, 0.15) is 31.0 Å². The lowest BCUT2D eigenvalue weighted by atomic mass is 9.94. The molecular formula is C27H23FN2O7. The molecule has 0 aliphatic carbocycles. The molecule has 1 amide bonds. The van der Waals surface area contributed by atoms with Crippen LogP contribution in [0, 0.1) is 21.8 Å². The number of hydrogen-bond donors (Lipinski definition) is 2. The van der Waals surface area contributed by atoms with Gasteiger partial charge in [0.05, 0.1) is 23.1 Å². The first-order valence-electron chi connectivity index (χ1n) is 11.4. The fourth-order valence-electron chi connectivity index (χ4n) is 4.05. The largest absolute Gasteiger partial charge is 0.507 e. The number of anilines is 1. The van der Waals surface area contributed by atoms with Crippen molar-refractivity contribution in [3.05, 3.63) is 99.4 Å². The smallest absolute Gasteiger partial charge is 0.311 e. The van der Waals surface area contributed by atoms with Gasteiger partial charge < -0.3 is 14.9 Å². The molecule has 2 N–H and O–H groups in total. The molecular weight excluding hydrogens is 483 g/mol. The van der Waals surface area contributed by atoms with Crippen LogP contribution in [-0.2, 0) is 9.59 Å². The van der Waals surface area contributed by atoms with Gasteiger partial charge in [0.2, 0.25) is 0 Å². The summed E-state index contributed by atoms with van der Waals surface area (Å²) in [5, 5.41) is 32.7. The van der Waals surface area contributed by atoms with Gasteiger partial charge in [-0.15, -0.1) is 0 Å². The standard InChI is InChI=1S/C27H23FN2O7/c1-15(2)14-37-20-8-3-5-17(11-20)25(32)23-24(16-9-10-22(31)21(12-16)30(35)36)29(27(34)26(23)33)19-7-4-6-18(28)13-19/h3-13,15,24,31-32H,14H2,1-2H3/b25-23-. The van der Waals surface area contributed by atoms with Crippen LogP contribution in [0.4, 0.5) is 15.8 Å². The van der Waals surface area contributed by atoms with E-state index < -0.39 is 45.7 Å². The third-order valence-corrected chi connectivity index (χ3v) is 5.73. The first-order chi connectivity index (χ1) is 17.6. The number of rotatable bonds is 7. The lowest BCUT2D eigenvalue weighted by molar-refractivity contribution is -0.385. The number of aliphatic hydroxyl groups is 1. The number of carbonyl (C=O) groups is 2. The van der Waals surface area contributed by atoms with E-state index in [0.717, 1.165) is 29.2 Å². The average molecular weight is 506 g/mol. The summed E-state index contributed by atoms with van der Waals surface area (Å²) in [6.07, 6.45) is 0. The molecule has 37 heavy (non-hydrogen) atoms. The van der Waals surface area contributed by atoms with E-state index in [1.165, 1.54) is 30.3 Å². The van der Waals surface area contributed by atoms with Gasteiger partial charge in [0.1, 0.15) is 17.3 Å². The summed E-state index contributed by atoms with van der Waals surface area (Å²) in [5.74, 6) is -3.28. The second-order valence-corrected chi connectivity index (χ2v) is 8.89. The molecule has 1 heterocycles. The van der Waals surface area contributed by atoms with Crippen molar-refractivity contribution in [1.29, 1.82) is 0 Å². The molecule has 10 heteroatoms. The number of nitrogens with zero attached hydrogens (tertiary/aromatic N) is 2. The number of phenols is 1. The van der Waals surface area contributed by atoms with Crippen LogP contribution in [0.3, 0.4) is 0 Å². The van der Waals surface area contributed by atoms with Crippen LogP contribution in [0.5, 0.6) is 11.5 Å². The Balaban J connectivity index is 1.92. The molecule has 1 aliphatic heterocycles. The first kappa shape index (κ1) is 25.4. The van der Waals surface area contributed by atoms with E-state index >= 15 is 0 Å². The van der Waals surface area contributed by atoms with Crippen molar-refractivity contribution in [2.45, 2.75) is 19.9 Å². The van der Waals surface area contributed by atoms with E-state index in [4.69, 9.17) is 4.74 Å². The Labute approximate surface area is 211 Å². The minimum Gasteiger partial charge on any atom is -0.507 e. The van der Waals surface area contributed by atoms with Gasteiger partial charge in [-0.1, -0.05) is 38.1 Å². The SMILES string of the molecule is CC(C)COc1cccc(/C(O)=C2/C(=O)C(=O)N(c3cccc(F)c3)C2c2ccc(O)c([N+](=O)[O-])c2)c1. The summed E-state index contributed by atoms with van der Waals surface area (Å²) in [5.41, 5.74) is -0.768. The molecule has 0 spiro atoms. The first-order valence-corrected chi connectivity index (χ1v) is 11.4. The predicted molar refractivity (Wildman–Crippen MR) is 133 cm³/mol. The van der Waals surface area contributed by atoms with Gasteiger partial charge in [0.25, 0.3) is 11.7 Å². The normalized spacial score (nSPS) is 16.9. The molecule has 0 radical (unpaired) electrons. The van der Waals surface area contributed by atoms with E-state index in [-0.39, 0.29) is 28.3 Å². The Hall–Kier alpha value is -4.73. The third-order valence-electron chi connectivity index (χ3n) is 5.73. The number of carbonyl (C=O) groups excluding carboxylic acids is 2. The molecule has 0 bridgehead atoms. The molecule has 1 fully saturated rings. The zero-order chi connectivity index (χ0) is 26.9. The minimum atomic E-state index is -1.35. The number of aliphatic hydroxyl groups excluding tert-OH is 1. The highest BCUT2D eigenvalue weighted by Gasteiger charge is 2.47. The predicted octanol–water partition coefficient (Wildman–Crippen LogP) is 5.10. The van der Waals surface area contributed by atoms with Crippen molar-refractivity contribution < 1.29 is 33.9 Å². The Morgan fingerprint density at radius 3 is 2.51 bits per heavy atom. The molecule has 1 saturated heterocycles. The number of hydrogen-bond acceptors (Lipinski definition) is 7. The van der Waals surface area contributed by atoms with E-state index in [9.17, 15) is 34.3 Å². The molecule has 9 nitrogen and oxygen atoms in total. The van der Waals surface area contributed by atoms with Crippen LogP contribution < -0.4 is 9.64 Å². The summed E-state index contributed by atoms with van der Waals surface area (Å²) in [7, 11) is 0. The summed E-state index contributed by atoms with van der Waals surface area (Å²) in [6, 6.07) is 13.2. The molecule has 190 valence electrons. The molecule has 0 saturated carbocycles. The van der Waals surface area contributed by atoms with Crippen molar-refractivity contribution in [1.82, 2.24) is 0 Å². The van der Waals surface area contributed by atoms with E-state index in [0.29, 0.717) is 12.4 Å².